The van der Waals surface area contributed by atoms with Gasteiger partial charge in [-0.05, 0) is 52.9 Å². The van der Waals surface area contributed by atoms with Gasteiger partial charge in [-0.3, -0.25) is 4.79 Å². The summed E-state index contributed by atoms with van der Waals surface area (Å²) in [6, 6.07) is 21.2. The van der Waals surface area contributed by atoms with E-state index in [-0.39, 0.29) is 19.1 Å². The molecule has 0 saturated carbocycles. The van der Waals surface area contributed by atoms with Gasteiger partial charge in [0.25, 0.3) is 5.91 Å². The fourth-order valence-corrected chi connectivity index (χ4v) is 2.91. The first-order valence-electron chi connectivity index (χ1n) is 9.72. The molecule has 1 N–H and O–H groups in total. The van der Waals surface area contributed by atoms with Gasteiger partial charge in [-0.15, -0.1) is 0 Å². The molecule has 0 unspecified atom stereocenters. The fraction of sp³-hybridized carbons (Fsp3) is 0.250. The molecule has 29 heavy (non-hydrogen) atoms. The number of ether oxygens (including phenoxy) is 2. The van der Waals surface area contributed by atoms with Crippen LogP contribution in [-0.4, -0.2) is 25.1 Å². The minimum absolute atomic E-state index is 0.255. The number of fused-ring (bicyclic) bond motifs is 1. The zero-order valence-electron chi connectivity index (χ0n) is 16.7. The highest BCUT2D eigenvalue weighted by atomic mass is 16.6. The molecule has 1 amide bonds. The predicted octanol–water partition coefficient (Wildman–Crippen LogP) is 4.91. The average Bonchev–Trinajstić information content (AvgIpc) is 2.76. The summed E-state index contributed by atoms with van der Waals surface area (Å²) >= 11 is 0. The molecule has 0 aliphatic heterocycles. The monoisotopic (exact) mass is 391 g/mol. The lowest BCUT2D eigenvalue weighted by molar-refractivity contribution is -0.149. The molecule has 0 aromatic heterocycles. The third-order valence-electron chi connectivity index (χ3n) is 4.82. The van der Waals surface area contributed by atoms with Crippen LogP contribution in [0.1, 0.15) is 31.7 Å². The molecule has 0 aliphatic carbocycles. The molecule has 0 saturated heterocycles. The first kappa shape index (κ1) is 20.4. The van der Waals surface area contributed by atoms with E-state index in [1.165, 1.54) is 5.56 Å². The number of rotatable bonds is 8. The number of carbonyl (C=O) groups excluding carboxylic acids is 2. The summed E-state index contributed by atoms with van der Waals surface area (Å²) in [5.41, 5.74) is 1.90. The lowest BCUT2D eigenvalue weighted by Gasteiger charge is -2.11. The molecule has 0 heterocycles. The summed E-state index contributed by atoms with van der Waals surface area (Å²) in [5, 5.41) is 4.84. The number of hydrogen-bond acceptors (Lipinski definition) is 4. The Morgan fingerprint density at radius 3 is 2.38 bits per heavy atom. The van der Waals surface area contributed by atoms with E-state index in [2.05, 4.69) is 19.2 Å². The van der Waals surface area contributed by atoms with Crippen molar-refractivity contribution in [3.05, 3.63) is 72.3 Å². The van der Waals surface area contributed by atoms with Crippen LogP contribution >= 0.6 is 0 Å². The molecule has 5 heteroatoms. The molecule has 0 fully saturated rings. The van der Waals surface area contributed by atoms with Gasteiger partial charge in [0, 0.05) is 5.69 Å². The van der Waals surface area contributed by atoms with Gasteiger partial charge < -0.3 is 14.8 Å². The second-order valence-corrected chi connectivity index (χ2v) is 6.94. The number of amides is 1. The van der Waals surface area contributed by atoms with Crippen LogP contribution in [-0.2, 0) is 14.3 Å². The number of benzene rings is 3. The van der Waals surface area contributed by atoms with Crippen LogP contribution in [0.25, 0.3) is 10.8 Å². The minimum atomic E-state index is -0.597. The third-order valence-corrected chi connectivity index (χ3v) is 4.82. The van der Waals surface area contributed by atoms with Crippen LogP contribution in [0.4, 0.5) is 5.69 Å². The third kappa shape index (κ3) is 5.82. The number of anilines is 1. The SMILES string of the molecule is CC[C@@H](C)c1ccc(NC(=O)COC(=O)COc2ccc3ccccc3c2)cc1. The standard InChI is InChI=1S/C24H25NO4/c1-3-17(2)18-8-11-21(12-9-18)25-23(26)15-29-24(27)16-28-22-13-10-19-6-4-5-7-20(19)14-22/h4-14,17H,3,15-16H2,1-2H3,(H,25,26)/t17-/m1/s1. The number of hydrogen-bond donors (Lipinski definition) is 1. The molecule has 0 aliphatic rings. The second-order valence-electron chi connectivity index (χ2n) is 6.94. The normalized spacial score (nSPS) is 11.7. The Kier molecular flexibility index (Phi) is 6.85. The van der Waals surface area contributed by atoms with Gasteiger partial charge in [0.15, 0.2) is 13.2 Å². The maximum absolute atomic E-state index is 12.0. The van der Waals surface area contributed by atoms with Crippen molar-refractivity contribution in [2.45, 2.75) is 26.2 Å². The molecule has 150 valence electrons. The summed E-state index contributed by atoms with van der Waals surface area (Å²) in [4.78, 5) is 23.8. The van der Waals surface area contributed by atoms with Crippen molar-refractivity contribution in [3.8, 4) is 5.75 Å². The summed E-state index contributed by atoms with van der Waals surface area (Å²) < 4.78 is 10.5. The van der Waals surface area contributed by atoms with Crippen molar-refractivity contribution >= 4 is 28.3 Å². The van der Waals surface area contributed by atoms with Crippen molar-refractivity contribution in [1.29, 1.82) is 0 Å². The topological polar surface area (TPSA) is 64.6 Å². The van der Waals surface area contributed by atoms with Crippen molar-refractivity contribution in [3.63, 3.8) is 0 Å². The molecule has 0 radical (unpaired) electrons. The molecule has 1 atom stereocenters. The average molecular weight is 391 g/mol. The largest absolute Gasteiger partial charge is 0.482 e. The number of nitrogens with one attached hydrogen (secondary N) is 1. The van der Waals surface area contributed by atoms with Crippen LogP contribution < -0.4 is 10.1 Å². The van der Waals surface area contributed by atoms with E-state index in [0.29, 0.717) is 17.4 Å². The Bertz CT molecular complexity index is 982. The molecular weight excluding hydrogens is 366 g/mol. The minimum Gasteiger partial charge on any atom is -0.482 e. The van der Waals surface area contributed by atoms with Gasteiger partial charge >= 0.3 is 5.97 Å². The summed E-state index contributed by atoms with van der Waals surface area (Å²) in [6.45, 7) is 3.69. The number of esters is 1. The van der Waals surface area contributed by atoms with Crippen LogP contribution in [0.15, 0.2) is 66.7 Å². The van der Waals surface area contributed by atoms with Crippen LogP contribution in [0, 0.1) is 0 Å². The van der Waals surface area contributed by atoms with Gasteiger partial charge in [-0.1, -0.05) is 56.3 Å². The second kappa shape index (κ2) is 9.73. The van der Waals surface area contributed by atoms with Crippen molar-refractivity contribution in [2.24, 2.45) is 0 Å². The highest BCUT2D eigenvalue weighted by Gasteiger charge is 2.10. The maximum atomic E-state index is 12.0. The van der Waals surface area contributed by atoms with E-state index in [4.69, 9.17) is 9.47 Å². The van der Waals surface area contributed by atoms with Crippen molar-refractivity contribution in [1.82, 2.24) is 0 Å². The van der Waals surface area contributed by atoms with Crippen LogP contribution in [0.3, 0.4) is 0 Å². The Hall–Kier alpha value is -3.34. The Balaban J connectivity index is 1.43. The van der Waals surface area contributed by atoms with E-state index in [1.54, 1.807) is 6.07 Å². The van der Waals surface area contributed by atoms with Gasteiger partial charge in [0.05, 0.1) is 0 Å². The van der Waals surface area contributed by atoms with E-state index in [1.807, 2.05) is 60.7 Å². The molecule has 0 spiro atoms. The summed E-state index contributed by atoms with van der Waals surface area (Å²) in [7, 11) is 0. The van der Waals surface area contributed by atoms with Gasteiger partial charge in [0.2, 0.25) is 0 Å². The highest BCUT2D eigenvalue weighted by Crippen LogP contribution is 2.21. The summed E-state index contributed by atoms with van der Waals surface area (Å²) in [5.74, 6) is 0.0654. The van der Waals surface area contributed by atoms with Gasteiger partial charge in [-0.25, -0.2) is 4.79 Å². The Morgan fingerprint density at radius 2 is 1.66 bits per heavy atom. The first-order valence-corrected chi connectivity index (χ1v) is 9.72. The first-order chi connectivity index (χ1) is 14.0. The predicted molar refractivity (Wildman–Crippen MR) is 114 cm³/mol. The van der Waals surface area contributed by atoms with Crippen LogP contribution in [0.2, 0.25) is 0 Å². The molecule has 5 nitrogen and oxygen atoms in total. The van der Waals surface area contributed by atoms with Gasteiger partial charge in [0.1, 0.15) is 5.75 Å². The van der Waals surface area contributed by atoms with E-state index < -0.39 is 5.97 Å². The Labute approximate surface area is 170 Å². The van der Waals surface area contributed by atoms with E-state index >= 15 is 0 Å². The van der Waals surface area contributed by atoms with E-state index in [9.17, 15) is 9.59 Å². The maximum Gasteiger partial charge on any atom is 0.344 e. The fourth-order valence-electron chi connectivity index (χ4n) is 2.91. The van der Waals surface area contributed by atoms with Gasteiger partial charge in [-0.2, -0.15) is 0 Å². The lowest BCUT2D eigenvalue weighted by atomic mass is 9.99. The lowest BCUT2D eigenvalue weighted by Crippen LogP contribution is -2.23. The smallest absolute Gasteiger partial charge is 0.344 e. The molecule has 3 aromatic rings. The quantitative estimate of drug-likeness (QED) is 0.554. The molecule has 0 bridgehead atoms. The van der Waals surface area contributed by atoms with E-state index in [0.717, 1.165) is 17.2 Å². The zero-order valence-corrected chi connectivity index (χ0v) is 16.7. The zero-order chi connectivity index (χ0) is 20.6. The molecular formula is C24H25NO4. The number of carbonyl (C=O) groups is 2. The highest BCUT2D eigenvalue weighted by molar-refractivity contribution is 5.92. The van der Waals surface area contributed by atoms with Crippen molar-refractivity contribution < 1.29 is 19.1 Å². The van der Waals surface area contributed by atoms with Crippen molar-refractivity contribution in [2.75, 3.05) is 18.5 Å². The molecule has 3 aromatic carbocycles. The molecule has 3 rings (SSSR count). The summed E-state index contributed by atoms with van der Waals surface area (Å²) in [6.07, 6.45) is 1.06. The Morgan fingerprint density at radius 1 is 0.931 bits per heavy atom. The van der Waals surface area contributed by atoms with Crippen LogP contribution in [0.5, 0.6) is 5.75 Å².